The number of carbonyl (C=O) groups is 1. The molecule has 1 amide bonds. The lowest BCUT2D eigenvalue weighted by Gasteiger charge is -2.23. The van der Waals surface area contributed by atoms with Gasteiger partial charge in [0.2, 0.25) is 0 Å². The molecule has 0 fully saturated rings. The van der Waals surface area contributed by atoms with E-state index in [1.807, 2.05) is 25.3 Å². The molecule has 96 valence electrons. The third-order valence-corrected chi connectivity index (χ3v) is 3.81. The fourth-order valence-electron chi connectivity index (χ4n) is 1.60. The molecule has 0 aliphatic carbocycles. The topological polar surface area (TPSA) is 49.3 Å². The van der Waals surface area contributed by atoms with Gasteiger partial charge in [-0.2, -0.15) is 0 Å². The first-order chi connectivity index (χ1) is 8.00. The molecule has 0 unspecified atom stereocenters. The van der Waals surface area contributed by atoms with Crippen LogP contribution in [0.4, 0.5) is 0 Å². The van der Waals surface area contributed by atoms with Crippen molar-refractivity contribution in [2.45, 2.75) is 33.6 Å². The van der Waals surface area contributed by atoms with E-state index in [1.54, 1.807) is 0 Å². The minimum absolute atomic E-state index is 0.00265. The number of aryl methyl sites for hydroxylation is 1. The summed E-state index contributed by atoms with van der Waals surface area (Å²) in [5.74, 6) is 0.00265. The Morgan fingerprint density at radius 3 is 2.82 bits per heavy atom. The van der Waals surface area contributed by atoms with Crippen LogP contribution in [0, 0.1) is 5.41 Å². The van der Waals surface area contributed by atoms with Crippen LogP contribution in [0.15, 0.2) is 11.4 Å². The molecule has 0 saturated heterocycles. The van der Waals surface area contributed by atoms with Gasteiger partial charge < -0.3 is 10.4 Å². The summed E-state index contributed by atoms with van der Waals surface area (Å²) in [6.07, 6.45) is 1.57. The molecule has 0 aromatic carbocycles. The third kappa shape index (κ3) is 4.13. The van der Waals surface area contributed by atoms with Crippen molar-refractivity contribution in [2.75, 3.05) is 13.2 Å². The fraction of sp³-hybridized carbons (Fsp3) is 0.615. The van der Waals surface area contributed by atoms with Crippen molar-refractivity contribution >= 4 is 17.2 Å². The van der Waals surface area contributed by atoms with Crippen molar-refractivity contribution in [3.8, 4) is 0 Å². The number of nitrogens with one attached hydrogen (secondary N) is 1. The monoisotopic (exact) mass is 255 g/mol. The molecule has 1 rings (SSSR count). The zero-order valence-corrected chi connectivity index (χ0v) is 11.6. The Morgan fingerprint density at radius 2 is 2.24 bits per heavy atom. The first kappa shape index (κ1) is 14.2. The highest BCUT2D eigenvalue weighted by molar-refractivity contribution is 7.12. The van der Waals surface area contributed by atoms with Crippen LogP contribution in [0.25, 0.3) is 0 Å². The molecule has 17 heavy (non-hydrogen) atoms. The van der Waals surface area contributed by atoms with Crippen LogP contribution in [-0.4, -0.2) is 24.2 Å². The van der Waals surface area contributed by atoms with Crippen molar-refractivity contribution in [1.29, 1.82) is 0 Å². The molecule has 4 heteroatoms. The van der Waals surface area contributed by atoms with E-state index < -0.39 is 0 Å². The average Bonchev–Trinajstić information content (AvgIpc) is 2.74. The lowest BCUT2D eigenvalue weighted by Crippen LogP contribution is -2.34. The van der Waals surface area contributed by atoms with Crippen molar-refractivity contribution in [3.05, 3.63) is 21.9 Å². The quantitative estimate of drug-likeness (QED) is 0.820. The molecular weight excluding hydrogens is 234 g/mol. The van der Waals surface area contributed by atoms with Gasteiger partial charge in [0.1, 0.15) is 0 Å². The van der Waals surface area contributed by atoms with Gasteiger partial charge in [-0.1, -0.05) is 20.8 Å². The van der Waals surface area contributed by atoms with E-state index in [4.69, 9.17) is 5.11 Å². The van der Waals surface area contributed by atoms with Crippen molar-refractivity contribution < 1.29 is 9.90 Å². The highest BCUT2D eigenvalue weighted by atomic mass is 32.1. The zero-order chi connectivity index (χ0) is 12.9. The molecule has 3 nitrogen and oxygen atoms in total. The number of amides is 1. The van der Waals surface area contributed by atoms with Crippen LogP contribution in [0.1, 0.15) is 42.4 Å². The van der Waals surface area contributed by atoms with Gasteiger partial charge in [0.15, 0.2) is 0 Å². The molecule has 1 heterocycles. The highest BCUT2D eigenvalue weighted by Crippen LogP contribution is 2.20. The Bertz CT molecular complexity index is 371. The summed E-state index contributed by atoms with van der Waals surface area (Å²) >= 11 is 1.48. The number of aliphatic hydroxyl groups is 1. The fourth-order valence-corrected chi connectivity index (χ4v) is 2.52. The van der Waals surface area contributed by atoms with Gasteiger partial charge in [0, 0.05) is 13.2 Å². The van der Waals surface area contributed by atoms with Gasteiger partial charge >= 0.3 is 0 Å². The summed E-state index contributed by atoms with van der Waals surface area (Å²) in [6.45, 7) is 6.88. The summed E-state index contributed by atoms with van der Waals surface area (Å²) in [4.78, 5) is 12.8. The van der Waals surface area contributed by atoms with Crippen LogP contribution < -0.4 is 5.32 Å². The van der Waals surface area contributed by atoms with E-state index in [0.29, 0.717) is 13.0 Å². The minimum Gasteiger partial charge on any atom is -0.396 e. The molecule has 0 atom stereocenters. The molecule has 0 aliphatic rings. The van der Waals surface area contributed by atoms with E-state index >= 15 is 0 Å². The number of carbonyl (C=O) groups excluding carboxylic acids is 1. The summed E-state index contributed by atoms with van der Waals surface area (Å²) in [7, 11) is 0. The summed E-state index contributed by atoms with van der Waals surface area (Å²) < 4.78 is 0. The number of hydrogen-bond donors (Lipinski definition) is 2. The summed E-state index contributed by atoms with van der Waals surface area (Å²) in [5, 5.41) is 13.8. The molecule has 0 spiro atoms. The van der Waals surface area contributed by atoms with Crippen LogP contribution in [-0.2, 0) is 6.42 Å². The van der Waals surface area contributed by atoms with E-state index in [2.05, 4.69) is 12.2 Å². The van der Waals surface area contributed by atoms with E-state index in [-0.39, 0.29) is 17.9 Å². The van der Waals surface area contributed by atoms with Crippen LogP contribution >= 0.6 is 11.3 Å². The number of aliphatic hydroxyl groups excluding tert-OH is 1. The van der Waals surface area contributed by atoms with Gasteiger partial charge in [0.25, 0.3) is 5.91 Å². The maximum Gasteiger partial charge on any atom is 0.261 e. The first-order valence-corrected chi connectivity index (χ1v) is 6.83. The largest absolute Gasteiger partial charge is 0.396 e. The van der Waals surface area contributed by atoms with E-state index in [1.165, 1.54) is 11.3 Å². The molecule has 0 aliphatic heterocycles. The van der Waals surface area contributed by atoms with Crippen molar-refractivity contribution in [2.24, 2.45) is 5.41 Å². The van der Waals surface area contributed by atoms with Gasteiger partial charge in [-0.3, -0.25) is 4.79 Å². The van der Waals surface area contributed by atoms with E-state index in [0.717, 1.165) is 16.9 Å². The Balaban J connectivity index is 2.56. The Kier molecular flexibility index (Phi) is 5.15. The van der Waals surface area contributed by atoms with Gasteiger partial charge in [0.05, 0.1) is 4.88 Å². The summed E-state index contributed by atoms with van der Waals surface area (Å²) in [6, 6.07) is 2.00. The molecular formula is C13H21NO2S. The van der Waals surface area contributed by atoms with Crippen LogP contribution in [0.5, 0.6) is 0 Å². The summed E-state index contributed by atoms with van der Waals surface area (Å²) in [5.41, 5.74) is 1.04. The Morgan fingerprint density at radius 1 is 1.53 bits per heavy atom. The Hall–Kier alpha value is -0.870. The number of rotatable bonds is 6. The van der Waals surface area contributed by atoms with Crippen molar-refractivity contribution in [1.82, 2.24) is 5.32 Å². The lowest BCUT2D eigenvalue weighted by molar-refractivity contribution is 0.0931. The standard InChI is InChI=1S/C13H21NO2S/c1-4-10-5-8-17-11(10)12(16)14-9-13(2,3)6-7-15/h5,8,15H,4,6-7,9H2,1-3H3,(H,14,16). The van der Waals surface area contributed by atoms with Crippen LogP contribution in [0.3, 0.4) is 0 Å². The molecule has 0 bridgehead atoms. The maximum absolute atomic E-state index is 12.0. The van der Waals surface area contributed by atoms with Crippen molar-refractivity contribution in [3.63, 3.8) is 0 Å². The molecule has 1 aromatic rings. The third-order valence-electron chi connectivity index (χ3n) is 2.85. The molecule has 1 aromatic heterocycles. The van der Waals surface area contributed by atoms with Crippen LogP contribution in [0.2, 0.25) is 0 Å². The van der Waals surface area contributed by atoms with E-state index in [9.17, 15) is 4.79 Å². The van der Waals surface area contributed by atoms with Gasteiger partial charge in [-0.05, 0) is 35.3 Å². The second kappa shape index (κ2) is 6.17. The number of thiophene rings is 1. The minimum atomic E-state index is -0.0615. The predicted molar refractivity (Wildman–Crippen MR) is 71.5 cm³/mol. The lowest BCUT2D eigenvalue weighted by atomic mass is 9.90. The second-order valence-electron chi connectivity index (χ2n) is 4.95. The zero-order valence-electron chi connectivity index (χ0n) is 10.7. The van der Waals surface area contributed by atoms with Gasteiger partial charge in [-0.25, -0.2) is 0 Å². The van der Waals surface area contributed by atoms with Gasteiger partial charge in [-0.15, -0.1) is 11.3 Å². The average molecular weight is 255 g/mol. The molecule has 0 radical (unpaired) electrons. The SMILES string of the molecule is CCc1ccsc1C(=O)NCC(C)(C)CCO. The first-order valence-electron chi connectivity index (χ1n) is 5.95. The molecule has 0 saturated carbocycles. The smallest absolute Gasteiger partial charge is 0.261 e. The normalized spacial score (nSPS) is 11.5. The highest BCUT2D eigenvalue weighted by Gasteiger charge is 2.19. The molecule has 2 N–H and O–H groups in total. The maximum atomic E-state index is 12.0. The second-order valence-corrected chi connectivity index (χ2v) is 5.87. The predicted octanol–water partition coefficient (Wildman–Crippen LogP) is 2.45. The Labute approximate surface area is 107 Å². The number of hydrogen-bond acceptors (Lipinski definition) is 3.